The third-order valence-corrected chi connectivity index (χ3v) is 2.79. The average Bonchev–Trinajstić information content (AvgIpc) is 2.31. The highest BCUT2D eigenvalue weighted by molar-refractivity contribution is 5.79. The molecule has 1 N–H and O–H groups in total. The first-order valence-electron chi connectivity index (χ1n) is 6.05. The van der Waals surface area contributed by atoms with Crippen LogP contribution in [0.4, 0.5) is 0 Å². The quantitative estimate of drug-likeness (QED) is 0.561. The molecule has 0 unspecified atom stereocenters. The Morgan fingerprint density at radius 1 is 1.19 bits per heavy atom. The van der Waals surface area contributed by atoms with Crippen LogP contribution < -0.4 is 0 Å². The van der Waals surface area contributed by atoms with E-state index in [1.807, 2.05) is 6.07 Å². The molecule has 1 rings (SSSR count). The summed E-state index contributed by atoms with van der Waals surface area (Å²) in [5.41, 5.74) is 1.53. The number of carbonyl (C=O) groups excluding carboxylic acids is 1. The van der Waals surface area contributed by atoms with Crippen LogP contribution in [0.1, 0.15) is 54.9 Å². The van der Waals surface area contributed by atoms with Crippen molar-refractivity contribution in [2.45, 2.75) is 45.4 Å². The smallest absolute Gasteiger partial charge is 0.153 e. The van der Waals surface area contributed by atoms with Gasteiger partial charge in [-0.25, -0.2) is 0 Å². The van der Waals surface area contributed by atoms with Gasteiger partial charge in [-0.05, 0) is 30.5 Å². The largest absolute Gasteiger partial charge is 0.507 e. The molecule has 2 heteroatoms. The summed E-state index contributed by atoms with van der Waals surface area (Å²) in [4.78, 5) is 10.6. The number of phenolic OH excluding ortho intramolecular Hbond substituents is 1. The number of unbranched alkanes of at least 4 members (excludes halogenated alkanes) is 4. The first-order chi connectivity index (χ1) is 7.77. The minimum absolute atomic E-state index is 0.0738. The second-order valence-electron chi connectivity index (χ2n) is 4.18. The van der Waals surface area contributed by atoms with E-state index in [-0.39, 0.29) is 5.75 Å². The van der Waals surface area contributed by atoms with Crippen LogP contribution in [-0.2, 0) is 6.42 Å². The molecule has 0 heterocycles. The first kappa shape index (κ1) is 12.8. The Morgan fingerprint density at radius 3 is 2.62 bits per heavy atom. The summed E-state index contributed by atoms with van der Waals surface area (Å²) in [6, 6.07) is 5.27. The molecule has 1 aromatic carbocycles. The Hall–Kier alpha value is -1.31. The summed E-state index contributed by atoms with van der Waals surface area (Å²) >= 11 is 0. The maximum Gasteiger partial charge on any atom is 0.153 e. The van der Waals surface area contributed by atoms with Crippen LogP contribution in [0.15, 0.2) is 18.2 Å². The van der Waals surface area contributed by atoms with Gasteiger partial charge < -0.3 is 5.11 Å². The van der Waals surface area contributed by atoms with Crippen LogP contribution >= 0.6 is 0 Å². The molecule has 0 atom stereocenters. The number of aromatic hydroxyl groups is 1. The van der Waals surface area contributed by atoms with Gasteiger partial charge in [0.05, 0.1) is 5.56 Å². The van der Waals surface area contributed by atoms with Crippen molar-refractivity contribution < 1.29 is 9.90 Å². The monoisotopic (exact) mass is 220 g/mol. The van der Waals surface area contributed by atoms with Crippen molar-refractivity contribution in [3.05, 3.63) is 29.3 Å². The molecular weight excluding hydrogens is 200 g/mol. The second-order valence-corrected chi connectivity index (χ2v) is 4.18. The molecule has 0 aromatic heterocycles. The van der Waals surface area contributed by atoms with Crippen molar-refractivity contribution in [2.24, 2.45) is 0 Å². The SMILES string of the molecule is CCCCCCCc1ccc(O)c(C=O)c1. The number of aryl methyl sites for hydroxylation is 1. The predicted octanol–water partition coefficient (Wildman–Crippen LogP) is 3.72. The van der Waals surface area contributed by atoms with Crippen molar-refractivity contribution in [1.29, 1.82) is 0 Å². The van der Waals surface area contributed by atoms with Gasteiger partial charge in [0.2, 0.25) is 0 Å². The fourth-order valence-electron chi connectivity index (χ4n) is 1.79. The van der Waals surface area contributed by atoms with E-state index in [2.05, 4.69) is 6.92 Å². The second kappa shape index (κ2) is 7.04. The van der Waals surface area contributed by atoms with Gasteiger partial charge in [0, 0.05) is 0 Å². The van der Waals surface area contributed by atoms with Crippen LogP contribution in [-0.4, -0.2) is 11.4 Å². The molecule has 1 aromatic rings. The zero-order chi connectivity index (χ0) is 11.8. The molecule has 0 saturated heterocycles. The summed E-state index contributed by atoms with van der Waals surface area (Å²) in [5, 5.41) is 9.35. The van der Waals surface area contributed by atoms with E-state index in [1.165, 1.54) is 25.7 Å². The number of aldehydes is 1. The van der Waals surface area contributed by atoms with E-state index in [9.17, 15) is 9.90 Å². The molecule has 0 aliphatic carbocycles. The minimum atomic E-state index is 0.0738. The first-order valence-corrected chi connectivity index (χ1v) is 6.05. The van der Waals surface area contributed by atoms with Gasteiger partial charge >= 0.3 is 0 Å². The Kier molecular flexibility index (Phi) is 5.62. The van der Waals surface area contributed by atoms with E-state index in [1.54, 1.807) is 12.1 Å². The zero-order valence-corrected chi connectivity index (χ0v) is 9.91. The molecular formula is C14H20O2. The summed E-state index contributed by atoms with van der Waals surface area (Å²) in [6.45, 7) is 2.20. The fraction of sp³-hybridized carbons (Fsp3) is 0.500. The van der Waals surface area contributed by atoms with Gasteiger partial charge in [-0.15, -0.1) is 0 Å². The lowest BCUT2D eigenvalue weighted by Crippen LogP contribution is -1.89. The summed E-state index contributed by atoms with van der Waals surface area (Å²) in [6.07, 6.45) is 7.94. The molecule has 0 radical (unpaired) electrons. The number of benzene rings is 1. The Labute approximate surface area is 97.3 Å². The third kappa shape index (κ3) is 4.05. The van der Waals surface area contributed by atoms with Crippen LogP contribution in [0.25, 0.3) is 0 Å². The predicted molar refractivity (Wildman–Crippen MR) is 66.0 cm³/mol. The third-order valence-electron chi connectivity index (χ3n) is 2.79. The van der Waals surface area contributed by atoms with Crippen LogP contribution in [0.2, 0.25) is 0 Å². The fourth-order valence-corrected chi connectivity index (χ4v) is 1.79. The number of hydrogen-bond donors (Lipinski definition) is 1. The summed E-state index contributed by atoms with van der Waals surface area (Å²) in [7, 11) is 0. The number of hydrogen-bond acceptors (Lipinski definition) is 2. The molecule has 0 spiro atoms. The maximum atomic E-state index is 10.6. The Morgan fingerprint density at radius 2 is 1.94 bits per heavy atom. The van der Waals surface area contributed by atoms with Crippen LogP contribution in [0.5, 0.6) is 5.75 Å². The topological polar surface area (TPSA) is 37.3 Å². The summed E-state index contributed by atoms with van der Waals surface area (Å²) in [5.74, 6) is 0.0738. The van der Waals surface area contributed by atoms with Gasteiger partial charge in [-0.3, -0.25) is 4.79 Å². The van der Waals surface area contributed by atoms with E-state index < -0.39 is 0 Å². The normalized spacial score (nSPS) is 10.3. The number of phenols is 1. The molecule has 88 valence electrons. The molecule has 0 aliphatic heterocycles. The van der Waals surface area contributed by atoms with Crippen LogP contribution in [0, 0.1) is 0 Å². The van der Waals surface area contributed by atoms with E-state index in [4.69, 9.17) is 0 Å². The van der Waals surface area contributed by atoms with Crippen molar-refractivity contribution in [3.8, 4) is 5.75 Å². The van der Waals surface area contributed by atoms with Crippen molar-refractivity contribution in [2.75, 3.05) is 0 Å². The lowest BCUT2D eigenvalue weighted by molar-refractivity contribution is 0.112. The average molecular weight is 220 g/mol. The standard InChI is InChI=1S/C14H20O2/c1-2-3-4-5-6-7-12-8-9-14(16)13(10-12)11-15/h8-11,16H,2-7H2,1H3. The Balaban J connectivity index is 2.39. The van der Waals surface area contributed by atoms with Crippen LogP contribution in [0.3, 0.4) is 0 Å². The molecule has 0 aliphatic rings. The lowest BCUT2D eigenvalue weighted by Gasteiger charge is -2.03. The zero-order valence-electron chi connectivity index (χ0n) is 9.91. The van der Waals surface area contributed by atoms with Gasteiger partial charge in [0.25, 0.3) is 0 Å². The molecule has 16 heavy (non-hydrogen) atoms. The van der Waals surface area contributed by atoms with Gasteiger partial charge in [-0.1, -0.05) is 38.7 Å². The highest BCUT2D eigenvalue weighted by Crippen LogP contribution is 2.18. The molecule has 0 amide bonds. The van der Waals surface area contributed by atoms with E-state index in [0.717, 1.165) is 18.4 Å². The summed E-state index contributed by atoms with van der Waals surface area (Å²) < 4.78 is 0. The Bertz CT molecular complexity index is 332. The maximum absolute atomic E-state index is 10.6. The van der Waals surface area contributed by atoms with E-state index >= 15 is 0 Å². The molecule has 2 nitrogen and oxygen atoms in total. The lowest BCUT2D eigenvalue weighted by atomic mass is 10.0. The number of rotatable bonds is 7. The van der Waals surface area contributed by atoms with Crippen molar-refractivity contribution in [3.63, 3.8) is 0 Å². The molecule has 0 fully saturated rings. The molecule has 0 saturated carbocycles. The minimum Gasteiger partial charge on any atom is -0.507 e. The van der Waals surface area contributed by atoms with Gasteiger partial charge in [0.1, 0.15) is 5.75 Å². The van der Waals surface area contributed by atoms with Gasteiger partial charge in [-0.2, -0.15) is 0 Å². The molecule has 0 bridgehead atoms. The van der Waals surface area contributed by atoms with E-state index in [0.29, 0.717) is 11.8 Å². The highest BCUT2D eigenvalue weighted by Gasteiger charge is 2.01. The number of carbonyl (C=O) groups is 1. The van der Waals surface area contributed by atoms with Gasteiger partial charge in [0.15, 0.2) is 6.29 Å². The van der Waals surface area contributed by atoms with Crippen molar-refractivity contribution in [1.82, 2.24) is 0 Å². The highest BCUT2D eigenvalue weighted by atomic mass is 16.3. The van der Waals surface area contributed by atoms with Crippen molar-refractivity contribution >= 4 is 6.29 Å².